The number of aryl methyl sites for hydroxylation is 1. The SMILES string of the molecule is C[C@H]1C2=CNN(c3ccc(F)cc3)C2=CC2=C1[C@@H](CC(NC(=O)CCc1cccc(O)c1)c1ccccc1)CC2. The Bertz CT molecular complexity index is 1490. The summed E-state index contributed by atoms with van der Waals surface area (Å²) in [5.41, 5.74) is 11.5. The predicted molar refractivity (Wildman–Crippen MR) is 155 cm³/mol. The van der Waals surface area contributed by atoms with Crippen LogP contribution in [0.1, 0.15) is 49.8 Å². The number of carbonyl (C=O) groups is 1. The third kappa shape index (κ3) is 5.26. The number of carbonyl (C=O) groups excluding carboxylic acids is 1. The number of aromatic hydroxyl groups is 1. The molecule has 0 saturated carbocycles. The fraction of sp³-hybridized carbons (Fsp3) is 0.265. The van der Waals surface area contributed by atoms with Gasteiger partial charge in [0.1, 0.15) is 11.6 Å². The predicted octanol–water partition coefficient (Wildman–Crippen LogP) is 6.86. The van der Waals surface area contributed by atoms with Gasteiger partial charge in [0.05, 0.1) is 17.4 Å². The smallest absolute Gasteiger partial charge is 0.220 e. The number of hydrazine groups is 1. The van der Waals surface area contributed by atoms with Crippen molar-refractivity contribution in [2.75, 3.05) is 5.01 Å². The van der Waals surface area contributed by atoms with Crippen molar-refractivity contribution in [1.82, 2.24) is 10.7 Å². The topological polar surface area (TPSA) is 64.6 Å². The van der Waals surface area contributed by atoms with Crippen LogP contribution in [0.3, 0.4) is 0 Å². The average Bonchev–Trinajstić information content (AvgIpc) is 3.57. The Hall–Kier alpha value is -4.32. The second kappa shape index (κ2) is 11.0. The Morgan fingerprint density at radius 1 is 1.10 bits per heavy atom. The zero-order valence-corrected chi connectivity index (χ0v) is 22.6. The molecule has 1 unspecified atom stereocenters. The van der Waals surface area contributed by atoms with Gasteiger partial charge in [-0.3, -0.25) is 9.80 Å². The molecule has 0 aromatic heterocycles. The molecule has 6 rings (SSSR count). The van der Waals surface area contributed by atoms with Gasteiger partial charge in [0.2, 0.25) is 5.91 Å². The molecule has 1 heterocycles. The Kier molecular flexibility index (Phi) is 7.16. The number of benzene rings is 3. The van der Waals surface area contributed by atoms with Gasteiger partial charge in [-0.2, -0.15) is 0 Å². The zero-order valence-electron chi connectivity index (χ0n) is 22.6. The summed E-state index contributed by atoms with van der Waals surface area (Å²) >= 11 is 0. The summed E-state index contributed by atoms with van der Waals surface area (Å²) in [6, 6.07) is 23.8. The van der Waals surface area contributed by atoms with Gasteiger partial charge < -0.3 is 15.8 Å². The molecule has 3 aliphatic rings. The standard InChI is InChI=1S/C34H34FN3O2/c1-22-30-21-36-38(28-15-13-27(35)14-16-28)32(30)20-26-12-11-25(34(22)26)19-31(24-7-3-2-4-8-24)37-33(40)17-10-23-6-5-9-29(39)18-23/h2-9,13-16,18,20-22,25,31,36,39H,10-12,17,19H2,1H3,(H,37,40)/t22-,25+,31?/m0/s1. The normalized spacial score (nSPS) is 20.3. The van der Waals surface area contributed by atoms with Crippen molar-refractivity contribution in [2.45, 2.75) is 45.1 Å². The summed E-state index contributed by atoms with van der Waals surface area (Å²) < 4.78 is 13.5. The molecule has 0 bridgehead atoms. The van der Waals surface area contributed by atoms with Crippen LogP contribution in [-0.4, -0.2) is 11.0 Å². The van der Waals surface area contributed by atoms with E-state index in [1.54, 1.807) is 30.3 Å². The first kappa shape index (κ1) is 25.9. The molecule has 204 valence electrons. The Balaban J connectivity index is 1.20. The number of amides is 1. The molecule has 1 amide bonds. The Morgan fingerprint density at radius 3 is 2.67 bits per heavy atom. The summed E-state index contributed by atoms with van der Waals surface area (Å²) in [6.45, 7) is 2.27. The second-order valence-electron chi connectivity index (χ2n) is 10.9. The van der Waals surface area contributed by atoms with Gasteiger partial charge in [-0.05, 0) is 90.8 Å². The van der Waals surface area contributed by atoms with Gasteiger partial charge in [-0.1, -0.05) is 55.0 Å². The highest BCUT2D eigenvalue weighted by atomic mass is 19.1. The highest BCUT2D eigenvalue weighted by Crippen LogP contribution is 2.49. The van der Waals surface area contributed by atoms with E-state index in [1.807, 2.05) is 29.3 Å². The van der Waals surface area contributed by atoms with E-state index in [9.17, 15) is 14.3 Å². The molecule has 5 nitrogen and oxygen atoms in total. The number of nitrogens with zero attached hydrogens (tertiary/aromatic N) is 1. The number of rotatable bonds is 8. The summed E-state index contributed by atoms with van der Waals surface area (Å²) in [6.07, 6.45) is 8.20. The van der Waals surface area contributed by atoms with Crippen LogP contribution < -0.4 is 15.8 Å². The molecule has 40 heavy (non-hydrogen) atoms. The molecule has 2 aliphatic carbocycles. The number of halogens is 1. The molecule has 3 aromatic carbocycles. The maximum absolute atomic E-state index is 13.5. The van der Waals surface area contributed by atoms with E-state index in [4.69, 9.17) is 0 Å². The lowest BCUT2D eigenvalue weighted by molar-refractivity contribution is -0.121. The number of fused-ring (bicyclic) bond motifs is 1. The van der Waals surface area contributed by atoms with Crippen LogP contribution in [0.2, 0.25) is 0 Å². The van der Waals surface area contributed by atoms with Crippen molar-refractivity contribution in [3.8, 4) is 5.75 Å². The molecule has 1 aliphatic heterocycles. The number of allylic oxidation sites excluding steroid dienone is 4. The number of phenolic OH excluding ortho intramolecular Hbond substituents is 1. The number of anilines is 1. The molecular weight excluding hydrogens is 501 g/mol. The fourth-order valence-corrected chi connectivity index (χ4v) is 6.45. The first-order chi connectivity index (χ1) is 19.5. The minimum Gasteiger partial charge on any atom is -0.508 e. The number of hydrogen-bond donors (Lipinski definition) is 3. The maximum atomic E-state index is 13.5. The quantitative estimate of drug-likeness (QED) is 0.295. The van der Waals surface area contributed by atoms with E-state index in [0.717, 1.165) is 41.8 Å². The first-order valence-corrected chi connectivity index (χ1v) is 14.1. The second-order valence-corrected chi connectivity index (χ2v) is 10.9. The molecule has 0 spiro atoms. The zero-order chi connectivity index (χ0) is 27.6. The van der Waals surface area contributed by atoms with Gasteiger partial charge in [0, 0.05) is 24.1 Å². The summed E-state index contributed by atoms with van der Waals surface area (Å²) in [4.78, 5) is 13.1. The van der Waals surface area contributed by atoms with E-state index in [-0.39, 0.29) is 29.4 Å². The Morgan fingerprint density at radius 2 is 1.90 bits per heavy atom. The van der Waals surface area contributed by atoms with Gasteiger partial charge in [-0.25, -0.2) is 4.39 Å². The van der Waals surface area contributed by atoms with Crippen molar-refractivity contribution in [2.24, 2.45) is 11.8 Å². The first-order valence-electron chi connectivity index (χ1n) is 14.1. The largest absolute Gasteiger partial charge is 0.508 e. The molecule has 6 heteroatoms. The lowest BCUT2D eigenvalue weighted by atomic mass is 9.78. The van der Waals surface area contributed by atoms with Crippen LogP contribution >= 0.6 is 0 Å². The van der Waals surface area contributed by atoms with Crippen molar-refractivity contribution >= 4 is 11.6 Å². The number of nitrogens with one attached hydrogen (secondary N) is 2. The third-order valence-electron chi connectivity index (χ3n) is 8.40. The van der Waals surface area contributed by atoms with Crippen LogP contribution in [0.4, 0.5) is 10.1 Å². The monoisotopic (exact) mass is 535 g/mol. The molecule has 3 N–H and O–H groups in total. The maximum Gasteiger partial charge on any atom is 0.220 e. The van der Waals surface area contributed by atoms with Crippen LogP contribution in [0.5, 0.6) is 5.75 Å². The van der Waals surface area contributed by atoms with Crippen LogP contribution in [0.15, 0.2) is 114 Å². The van der Waals surface area contributed by atoms with Gasteiger partial charge in [0.15, 0.2) is 0 Å². The summed E-state index contributed by atoms with van der Waals surface area (Å²) in [7, 11) is 0. The fourth-order valence-electron chi connectivity index (χ4n) is 6.45. The summed E-state index contributed by atoms with van der Waals surface area (Å²) in [5.74, 6) is 0.599. The molecular formula is C34H34FN3O2. The van der Waals surface area contributed by atoms with Crippen molar-refractivity contribution in [3.05, 3.63) is 130 Å². The van der Waals surface area contributed by atoms with Crippen molar-refractivity contribution < 1.29 is 14.3 Å². The third-order valence-corrected chi connectivity index (χ3v) is 8.40. The Labute approximate surface area is 234 Å². The van der Waals surface area contributed by atoms with Crippen LogP contribution in [0.25, 0.3) is 0 Å². The van der Waals surface area contributed by atoms with E-state index in [2.05, 4.69) is 42.1 Å². The highest BCUT2D eigenvalue weighted by Gasteiger charge is 2.39. The molecule has 0 fully saturated rings. The lowest BCUT2D eigenvalue weighted by Crippen LogP contribution is -2.31. The number of hydrogen-bond acceptors (Lipinski definition) is 4. The summed E-state index contributed by atoms with van der Waals surface area (Å²) in [5, 5.41) is 15.1. The minimum atomic E-state index is -0.245. The van der Waals surface area contributed by atoms with E-state index < -0.39 is 0 Å². The molecule has 3 atom stereocenters. The molecule has 3 aromatic rings. The number of phenols is 1. The highest BCUT2D eigenvalue weighted by molar-refractivity contribution is 5.76. The van der Waals surface area contributed by atoms with Gasteiger partial charge in [0.25, 0.3) is 0 Å². The van der Waals surface area contributed by atoms with Crippen molar-refractivity contribution in [3.63, 3.8) is 0 Å². The minimum absolute atomic E-state index is 0.0147. The molecule has 0 radical (unpaired) electrons. The molecule has 0 saturated heterocycles. The lowest BCUT2D eigenvalue weighted by Gasteiger charge is -2.31. The van der Waals surface area contributed by atoms with E-state index in [0.29, 0.717) is 18.8 Å². The van der Waals surface area contributed by atoms with Gasteiger partial charge in [-0.15, -0.1) is 0 Å². The van der Waals surface area contributed by atoms with Crippen LogP contribution in [-0.2, 0) is 11.2 Å². The van der Waals surface area contributed by atoms with Gasteiger partial charge >= 0.3 is 0 Å². The average molecular weight is 536 g/mol. The van der Waals surface area contributed by atoms with Crippen LogP contribution in [0, 0.1) is 17.7 Å². The van der Waals surface area contributed by atoms with E-state index in [1.165, 1.54) is 28.9 Å². The van der Waals surface area contributed by atoms with Crippen molar-refractivity contribution in [1.29, 1.82) is 0 Å². The van der Waals surface area contributed by atoms with E-state index >= 15 is 0 Å².